The zero-order chi connectivity index (χ0) is 7.40. The van der Waals surface area contributed by atoms with Crippen LogP contribution >= 0.6 is 0 Å². The summed E-state index contributed by atoms with van der Waals surface area (Å²) in [5.74, 6) is 0. The van der Waals surface area contributed by atoms with Gasteiger partial charge in [-0.15, -0.1) is 0 Å². The molecule has 0 atom stereocenters. The Labute approximate surface area is 59.3 Å². The van der Waals surface area contributed by atoms with Gasteiger partial charge in [0.05, 0.1) is 17.4 Å². The monoisotopic (exact) mass is 133 g/mol. The molecule has 50 valence electrons. The van der Waals surface area contributed by atoms with Crippen molar-refractivity contribution in [2.45, 2.75) is 0 Å². The lowest BCUT2D eigenvalue weighted by molar-refractivity contribution is 1.29. The molecule has 0 unspecified atom stereocenters. The van der Waals surface area contributed by atoms with Gasteiger partial charge >= 0.3 is 0 Å². The summed E-state index contributed by atoms with van der Waals surface area (Å²) in [4.78, 5) is 3.84. The molecule has 0 saturated carbocycles. The first-order valence-corrected chi connectivity index (χ1v) is 2.89. The minimum atomic E-state index is 0.576. The van der Waals surface area contributed by atoms with Crippen molar-refractivity contribution in [2.24, 2.45) is 0 Å². The first kappa shape index (κ1) is 6.56. The Morgan fingerprint density at radius 1 is 1.60 bits per heavy atom. The molecule has 1 aromatic heterocycles. The van der Waals surface area contributed by atoms with E-state index >= 15 is 0 Å². The second kappa shape index (κ2) is 2.83. The number of hydrogen-bond acceptors (Lipinski definition) is 3. The maximum Gasteiger partial charge on any atom is 0.101 e. The maximum atomic E-state index is 8.44. The highest BCUT2D eigenvalue weighted by atomic mass is 14.8. The Hall–Kier alpha value is -1.56. The van der Waals surface area contributed by atoms with E-state index in [1.165, 1.54) is 6.20 Å². The predicted octanol–water partition coefficient (Wildman–Crippen LogP) is 0.995. The number of aromatic nitrogens is 1. The van der Waals surface area contributed by atoms with E-state index in [0.717, 1.165) is 5.69 Å². The Morgan fingerprint density at radius 2 is 2.40 bits per heavy atom. The van der Waals surface area contributed by atoms with E-state index in [9.17, 15) is 0 Å². The molecule has 0 fully saturated rings. The summed E-state index contributed by atoms with van der Waals surface area (Å²) in [5, 5.41) is 11.3. The molecular formula is C7H7N3. The van der Waals surface area contributed by atoms with Gasteiger partial charge in [-0.25, -0.2) is 0 Å². The van der Waals surface area contributed by atoms with Gasteiger partial charge in [0.15, 0.2) is 0 Å². The number of hydrogen-bond donors (Lipinski definition) is 1. The molecule has 0 spiro atoms. The molecule has 0 saturated heterocycles. The normalized spacial score (nSPS) is 8.40. The smallest absolute Gasteiger partial charge is 0.101 e. The lowest BCUT2D eigenvalue weighted by atomic mass is 10.3. The van der Waals surface area contributed by atoms with Crippen molar-refractivity contribution in [1.29, 1.82) is 5.26 Å². The molecule has 1 rings (SSSR count). The van der Waals surface area contributed by atoms with Gasteiger partial charge in [0.25, 0.3) is 0 Å². The van der Waals surface area contributed by atoms with Crippen LogP contribution in [0.15, 0.2) is 18.5 Å². The second-order valence-corrected chi connectivity index (χ2v) is 1.82. The van der Waals surface area contributed by atoms with E-state index in [1.54, 1.807) is 19.3 Å². The fourth-order valence-electron chi connectivity index (χ4n) is 0.638. The van der Waals surface area contributed by atoms with Gasteiger partial charge in [0, 0.05) is 13.2 Å². The highest BCUT2D eigenvalue weighted by Gasteiger charge is 1.90. The van der Waals surface area contributed by atoms with Gasteiger partial charge in [-0.05, 0) is 6.07 Å². The standard InChI is InChI=1S/C7H7N3/c1-9-7-2-6(3-8)4-10-5-7/h2,4-5,9H,1H3. The fourth-order valence-corrected chi connectivity index (χ4v) is 0.638. The zero-order valence-corrected chi connectivity index (χ0v) is 5.63. The van der Waals surface area contributed by atoms with Crippen molar-refractivity contribution < 1.29 is 0 Å². The molecule has 1 N–H and O–H groups in total. The number of nitrogens with zero attached hydrogens (tertiary/aromatic N) is 2. The average Bonchev–Trinajstić information content (AvgIpc) is 2.05. The third kappa shape index (κ3) is 1.23. The Bertz CT molecular complexity index is 262. The van der Waals surface area contributed by atoms with Crippen LogP contribution in [0.4, 0.5) is 5.69 Å². The van der Waals surface area contributed by atoms with Crippen molar-refractivity contribution >= 4 is 5.69 Å². The average molecular weight is 133 g/mol. The Morgan fingerprint density at radius 3 is 3.00 bits per heavy atom. The van der Waals surface area contributed by atoms with Crippen molar-refractivity contribution in [3.8, 4) is 6.07 Å². The quantitative estimate of drug-likeness (QED) is 0.621. The molecule has 0 radical (unpaired) electrons. The highest BCUT2D eigenvalue weighted by molar-refractivity contribution is 5.45. The van der Waals surface area contributed by atoms with E-state index in [-0.39, 0.29) is 0 Å². The van der Waals surface area contributed by atoms with Crippen LogP contribution in [0.3, 0.4) is 0 Å². The molecule has 10 heavy (non-hydrogen) atoms. The van der Waals surface area contributed by atoms with Gasteiger partial charge in [-0.3, -0.25) is 4.98 Å². The summed E-state index contributed by atoms with van der Waals surface area (Å²) in [5.41, 5.74) is 1.44. The molecule has 3 nitrogen and oxygen atoms in total. The maximum absolute atomic E-state index is 8.44. The van der Waals surface area contributed by atoms with Crippen molar-refractivity contribution in [1.82, 2.24) is 4.98 Å². The largest absolute Gasteiger partial charge is 0.387 e. The third-order valence-electron chi connectivity index (χ3n) is 1.16. The summed E-state index contributed by atoms with van der Waals surface area (Å²) in [7, 11) is 1.79. The lowest BCUT2D eigenvalue weighted by Crippen LogP contribution is -1.89. The molecule has 1 aromatic rings. The van der Waals surface area contributed by atoms with Crippen LogP contribution in [0.1, 0.15) is 5.56 Å². The van der Waals surface area contributed by atoms with Gasteiger partial charge < -0.3 is 5.32 Å². The second-order valence-electron chi connectivity index (χ2n) is 1.82. The number of rotatable bonds is 1. The highest BCUT2D eigenvalue weighted by Crippen LogP contribution is 2.04. The Kier molecular flexibility index (Phi) is 1.86. The topological polar surface area (TPSA) is 48.7 Å². The minimum Gasteiger partial charge on any atom is -0.387 e. The molecule has 0 aliphatic heterocycles. The molecule has 0 aliphatic carbocycles. The van der Waals surface area contributed by atoms with Gasteiger partial charge in [0.2, 0.25) is 0 Å². The van der Waals surface area contributed by atoms with E-state index < -0.39 is 0 Å². The fraction of sp³-hybridized carbons (Fsp3) is 0.143. The summed E-state index contributed by atoms with van der Waals surface area (Å²) in [6, 6.07) is 3.74. The van der Waals surface area contributed by atoms with Crippen molar-refractivity contribution in [3.05, 3.63) is 24.0 Å². The Balaban J connectivity index is 3.01. The van der Waals surface area contributed by atoms with Crippen LogP contribution in [-0.4, -0.2) is 12.0 Å². The predicted molar refractivity (Wildman–Crippen MR) is 38.5 cm³/mol. The summed E-state index contributed by atoms with van der Waals surface area (Å²) in [6.07, 6.45) is 3.20. The molecule has 0 aliphatic rings. The van der Waals surface area contributed by atoms with Crippen LogP contribution in [0.25, 0.3) is 0 Å². The zero-order valence-electron chi connectivity index (χ0n) is 5.63. The van der Waals surface area contributed by atoms with Gasteiger partial charge in [0.1, 0.15) is 6.07 Å². The van der Waals surface area contributed by atoms with E-state index in [2.05, 4.69) is 10.3 Å². The summed E-state index contributed by atoms with van der Waals surface area (Å²) in [6.45, 7) is 0. The molecular weight excluding hydrogens is 126 g/mol. The van der Waals surface area contributed by atoms with Crippen molar-refractivity contribution in [3.63, 3.8) is 0 Å². The van der Waals surface area contributed by atoms with E-state index in [0.29, 0.717) is 5.56 Å². The van der Waals surface area contributed by atoms with Crippen LogP contribution in [0.2, 0.25) is 0 Å². The lowest BCUT2D eigenvalue weighted by Gasteiger charge is -1.96. The number of pyridine rings is 1. The van der Waals surface area contributed by atoms with E-state index in [4.69, 9.17) is 5.26 Å². The van der Waals surface area contributed by atoms with Gasteiger partial charge in [-0.2, -0.15) is 5.26 Å². The van der Waals surface area contributed by atoms with Crippen LogP contribution in [0, 0.1) is 11.3 Å². The summed E-state index contributed by atoms with van der Waals surface area (Å²) >= 11 is 0. The van der Waals surface area contributed by atoms with Crippen LogP contribution < -0.4 is 5.32 Å². The molecule has 0 aromatic carbocycles. The number of anilines is 1. The molecule has 0 amide bonds. The molecule has 0 bridgehead atoms. The molecule has 1 heterocycles. The van der Waals surface area contributed by atoms with Crippen molar-refractivity contribution in [2.75, 3.05) is 12.4 Å². The number of nitrogens with one attached hydrogen (secondary N) is 1. The van der Waals surface area contributed by atoms with Crippen LogP contribution in [-0.2, 0) is 0 Å². The number of nitriles is 1. The third-order valence-corrected chi connectivity index (χ3v) is 1.16. The SMILES string of the molecule is CNc1cncc(C#N)c1. The summed E-state index contributed by atoms with van der Waals surface area (Å²) < 4.78 is 0. The van der Waals surface area contributed by atoms with Crippen LogP contribution in [0.5, 0.6) is 0 Å². The minimum absolute atomic E-state index is 0.576. The van der Waals surface area contributed by atoms with Gasteiger partial charge in [-0.1, -0.05) is 0 Å². The van der Waals surface area contributed by atoms with E-state index in [1.807, 2.05) is 6.07 Å². The first-order chi connectivity index (χ1) is 4.86. The first-order valence-electron chi connectivity index (χ1n) is 2.89. The molecule has 3 heteroatoms.